The van der Waals surface area contributed by atoms with E-state index in [1.165, 1.54) is 6.26 Å². The third kappa shape index (κ3) is 3.04. The SMILES string of the molecule is CCOC(=O)c1coc(Oc2ccc(N)cc2C)n1. The van der Waals surface area contributed by atoms with E-state index in [0.29, 0.717) is 11.4 Å². The van der Waals surface area contributed by atoms with Gasteiger partial charge in [0.05, 0.1) is 6.61 Å². The van der Waals surface area contributed by atoms with Crippen molar-refractivity contribution in [3.63, 3.8) is 0 Å². The van der Waals surface area contributed by atoms with Gasteiger partial charge in [0, 0.05) is 5.69 Å². The zero-order valence-corrected chi connectivity index (χ0v) is 10.7. The highest BCUT2D eigenvalue weighted by Crippen LogP contribution is 2.26. The van der Waals surface area contributed by atoms with Crippen LogP contribution in [0, 0.1) is 6.92 Å². The lowest BCUT2D eigenvalue weighted by Gasteiger charge is -2.04. The van der Waals surface area contributed by atoms with Gasteiger partial charge in [-0.3, -0.25) is 0 Å². The largest absolute Gasteiger partial charge is 0.461 e. The fourth-order valence-electron chi connectivity index (χ4n) is 1.48. The van der Waals surface area contributed by atoms with Crippen molar-refractivity contribution in [1.82, 2.24) is 4.98 Å². The van der Waals surface area contributed by atoms with E-state index in [2.05, 4.69) is 4.98 Å². The molecule has 1 aromatic carbocycles. The second kappa shape index (κ2) is 5.43. The summed E-state index contributed by atoms with van der Waals surface area (Å²) >= 11 is 0. The summed E-state index contributed by atoms with van der Waals surface area (Å²) in [5, 5.41) is 0. The molecule has 0 aliphatic rings. The quantitative estimate of drug-likeness (QED) is 0.673. The Morgan fingerprint density at radius 2 is 2.26 bits per heavy atom. The first kappa shape index (κ1) is 12.9. The predicted octanol–water partition coefficient (Wildman–Crippen LogP) is 2.53. The average molecular weight is 262 g/mol. The Morgan fingerprint density at radius 1 is 1.47 bits per heavy atom. The van der Waals surface area contributed by atoms with E-state index in [0.717, 1.165) is 5.56 Å². The van der Waals surface area contributed by atoms with E-state index in [-0.39, 0.29) is 18.4 Å². The zero-order valence-electron chi connectivity index (χ0n) is 10.7. The molecular weight excluding hydrogens is 248 g/mol. The fourth-order valence-corrected chi connectivity index (χ4v) is 1.48. The van der Waals surface area contributed by atoms with Gasteiger partial charge in [0.15, 0.2) is 5.69 Å². The smallest absolute Gasteiger partial charge is 0.399 e. The lowest BCUT2D eigenvalue weighted by atomic mass is 10.2. The van der Waals surface area contributed by atoms with Crippen LogP contribution in [0.25, 0.3) is 0 Å². The van der Waals surface area contributed by atoms with Crippen LogP contribution in [0.15, 0.2) is 28.9 Å². The number of esters is 1. The lowest BCUT2D eigenvalue weighted by Crippen LogP contribution is -2.04. The van der Waals surface area contributed by atoms with Crippen LogP contribution in [-0.2, 0) is 4.74 Å². The number of carbonyl (C=O) groups excluding carboxylic acids is 1. The van der Waals surface area contributed by atoms with Crippen molar-refractivity contribution >= 4 is 11.7 Å². The molecule has 0 amide bonds. The van der Waals surface area contributed by atoms with Gasteiger partial charge >= 0.3 is 12.0 Å². The van der Waals surface area contributed by atoms with Crippen LogP contribution in [0.4, 0.5) is 5.69 Å². The molecule has 2 rings (SSSR count). The van der Waals surface area contributed by atoms with Gasteiger partial charge in [0.1, 0.15) is 12.0 Å². The Hall–Kier alpha value is -2.50. The molecule has 0 bridgehead atoms. The van der Waals surface area contributed by atoms with Gasteiger partial charge in [-0.15, -0.1) is 0 Å². The minimum absolute atomic E-state index is 0.0177. The van der Waals surface area contributed by atoms with E-state index < -0.39 is 5.97 Å². The number of nitrogens with zero attached hydrogens (tertiary/aromatic N) is 1. The fraction of sp³-hybridized carbons (Fsp3) is 0.231. The number of nitrogen functional groups attached to an aromatic ring is 1. The standard InChI is InChI=1S/C13H14N2O4/c1-3-17-12(16)10-7-18-13(15-10)19-11-5-4-9(14)6-8(11)2/h4-7H,3,14H2,1-2H3. The summed E-state index contributed by atoms with van der Waals surface area (Å²) in [6.45, 7) is 3.84. The maximum atomic E-state index is 11.4. The number of carbonyl (C=O) groups is 1. The Labute approximate surface area is 110 Å². The number of oxazole rings is 1. The predicted molar refractivity (Wildman–Crippen MR) is 68.1 cm³/mol. The molecule has 0 saturated carbocycles. The monoisotopic (exact) mass is 262 g/mol. The molecular formula is C13H14N2O4. The van der Waals surface area contributed by atoms with Gasteiger partial charge in [0.2, 0.25) is 0 Å². The molecule has 0 fully saturated rings. The second-order valence-corrected chi connectivity index (χ2v) is 3.85. The molecule has 0 saturated heterocycles. The molecule has 0 unspecified atom stereocenters. The Bertz CT molecular complexity index is 592. The minimum Gasteiger partial charge on any atom is -0.461 e. The van der Waals surface area contributed by atoms with E-state index in [4.69, 9.17) is 19.6 Å². The van der Waals surface area contributed by atoms with Crippen LogP contribution in [0.1, 0.15) is 23.0 Å². The number of anilines is 1. The summed E-state index contributed by atoms with van der Waals surface area (Å²) in [5.41, 5.74) is 7.20. The van der Waals surface area contributed by atoms with Gasteiger partial charge in [0.25, 0.3) is 0 Å². The molecule has 6 heteroatoms. The summed E-state index contributed by atoms with van der Waals surface area (Å²) in [4.78, 5) is 15.3. The number of hydrogen-bond acceptors (Lipinski definition) is 6. The van der Waals surface area contributed by atoms with Crippen molar-refractivity contribution < 1.29 is 18.7 Å². The molecule has 0 spiro atoms. The molecule has 0 radical (unpaired) electrons. The number of hydrogen-bond donors (Lipinski definition) is 1. The van der Waals surface area contributed by atoms with Crippen LogP contribution in [0.5, 0.6) is 11.8 Å². The van der Waals surface area contributed by atoms with Crippen molar-refractivity contribution in [3.8, 4) is 11.8 Å². The third-order valence-electron chi connectivity index (χ3n) is 2.36. The zero-order chi connectivity index (χ0) is 13.8. The number of ether oxygens (including phenoxy) is 2. The molecule has 0 aliphatic carbocycles. The van der Waals surface area contributed by atoms with Crippen LogP contribution in [0.2, 0.25) is 0 Å². The normalized spacial score (nSPS) is 10.2. The first-order chi connectivity index (χ1) is 9.10. The average Bonchev–Trinajstić information content (AvgIpc) is 2.82. The highest BCUT2D eigenvalue weighted by Gasteiger charge is 2.15. The van der Waals surface area contributed by atoms with Crippen LogP contribution in [0.3, 0.4) is 0 Å². The lowest BCUT2D eigenvalue weighted by molar-refractivity contribution is 0.0519. The van der Waals surface area contributed by atoms with Crippen LogP contribution in [-0.4, -0.2) is 17.6 Å². The van der Waals surface area contributed by atoms with E-state index in [1.807, 2.05) is 6.92 Å². The van der Waals surface area contributed by atoms with Gasteiger partial charge < -0.3 is 19.6 Å². The summed E-state index contributed by atoms with van der Waals surface area (Å²) in [6, 6.07) is 5.18. The number of benzene rings is 1. The summed E-state index contributed by atoms with van der Waals surface area (Å²) in [5.74, 6) is 0.0154. The maximum absolute atomic E-state index is 11.4. The van der Waals surface area contributed by atoms with Gasteiger partial charge in [-0.2, -0.15) is 4.98 Å². The van der Waals surface area contributed by atoms with E-state index in [1.54, 1.807) is 25.1 Å². The number of rotatable bonds is 4. The number of aryl methyl sites for hydroxylation is 1. The van der Waals surface area contributed by atoms with E-state index in [9.17, 15) is 4.79 Å². The summed E-state index contributed by atoms with van der Waals surface area (Å²) in [7, 11) is 0. The van der Waals surface area contributed by atoms with Gasteiger partial charge in [-0.05, 0) is 37.6 Å². The molecule has 2 N–H and O–H groups in total. The minimum atomic E-state index is -0.546. The first-order valence-electron chi connectivity index (χ1n) is 5.76. The van der Waals surface area contributed by atoms with Crippen molar-refractivity contribution in [2.75, 3.05) is 12.3 Å². The van der Waals surface area contributed by atoms with E-state index >= 15 is 0 Å². The molecule has 1 aromatic heterocycles. The third-order valence-corrected chi connectivity index (χ3v) is 2.36. The van der Waals surface area contributed by atoms with Crippen LogP contribution >= 0.6 is 0 Å². The van der Waals surface area contributed by atoms with Crippen molar-refractivity contribution in [2.24, 2.45) is 0 Å². The summed E-state index contributed by atoms with van der Waals surface area (Å²) < 4.78 is 15.3. The van der Waals surface area contributed by atoms with Gasteiger partial charge in [-0.25, -0.2) is 4.79 Å². The first-order valence-corrected chi connectivity index (χ1v) is 5.76. The molecule has 6 nitrogen and oxygen atoms in total. The van der Waals surface area contributed by atoms with Crippen molar-refractivity contribution in [3.05, 3.63) is 35.7 Å². The highest BCUT2D eigenvalue weighted by atomic mass is 16.6. The molecule has 0 aliphatic heterocycles. The Balaban J connectivity index is 2.13. The summed E-state index contributed by atoms with van der Waals surface area (Å²) in [6.07, 6.45) is 1.18. The molecule has 2 aromatic rings. The second-order valence-electron chi connectivity index (χ2n) is 3.85. The van der Waals surface area contributed by atoms with Gasteiger partial charge in [-0.1, -0.05) is 0 Å². The Morgan fingerprint density at radius 3 is 2.95 bits per heavy atom. The van der Waals surface area contributed by atoms with Crippen molar-refractivity contribution in [2.45, 2.75) is 13.8 Å². The molecule has 19 heavy (non-hydrogen) atoms. The highest BCUT2D eigenvalue weighted by molar-refractivity contribution is 5.86. The van der Waals surface area contributed by atoms with Crippen molar-refractivity contribution in [1.29, 1.82) is 0 Å². The number of nitrogens with two attached hydrogens (primary N) is 1. The number of aromatic nitrogens is 1. The maximum Gasteiger partial charge on any atom is 0.399 e. The molecule has 100 valence electrons. The molecule has 0 atom stereocenters. The Kier molecular flexibility index (Phi) is 3.70. The topological polar surface area (TPSA) is 87.6 Å². The molecule has 1 heterocycles. The van der Waals surface area contributed by atoms with Crippen LogP contribution < -0.4 is 10.5 Å².